The Morgan fingerprint density at radius 3 is 2.50 bits per heavy atom. The van der Waals surface area contributed by atoms with Crippen LogP contribution >= 0.6 is 0 Å². The fourth-order valence-electron chi connectivity index (χ4n) is 4.62. The molecule has 5 rings (SSSR count). The quantitative estimate of drug-likeness (QED) is 0.656. The molecule has 3 fully saturated rings. The van der Waals surface area contributed by atoms with E-state index in [0.29, 0.717) is 37.0 Å². The van der Waals surface area contributed by atoms with E-state index in [2.05, 4.69) is 6.07 Å². The maximum atomic E-state index is 10.6. The zero-order valence-corrected chi connectivity index (χ0v) is 17.7. The van der Waals surface area contributed by atoms with Gasteiger partial charge in [-0.15, -0.1) is 0 Å². The minimum absolute atomic E-state index is 0.0910. The number of hydrogen-bond acceptors (Lipinski definition) is 7. The summed E-state index contributed by atoms with van der Waals surface area (Å²) in [5, 5.41) is 40.7. The van der Waals surface area contributed by atoms with Gasteiger partial charge in [-0.05, 0) is 54.2 Å². The normalized spacial score (nSPS) is 30.8. The highest BCUT2D eigenvalue weighted by atomic mass is 16.6. The average molecular weight is 437 g/mol. The Morgan fingerprint density at radius 2 is 1.84 bits per heavy atom. The number of nitriles is 1. The van der Waals surface area contributed by atoms with Gasteiger partial charge in [0.1, 0.15) is 36.3 Å². The van der Waals surface area contributed by atoms with Crippen LogP contribution in [-0.4, -0.2) is 58.6 Å². The van der Waals surface area contributed by atoms with Crippen LogP contribution in [0.15, 0.2) is 42.5 Å². The van der Waals surface area contributed by atoms with Gasteiger partial charge in [-0.25, -0.2) is 0 Å². The number of aliphatic hydroxyl groups is 3. The lowest BCUT2D eigenvalue weighted by Crippen LogP contribution is -2.55. The van der Waals surface area contributed by atoms with E-state index in [1.807, 2.05) is 30.3 Å². The zero-order chi connectivity index (χ0) is 22.3. The molecule has 3 N–H and O–H groups in total. The van der Waals surface area contributed by atoms with Gasteiger partial charge >= 0.3 is 0 Å². The molecule has 7 heteroatoms. The van der Waals surface area contributed by atoms with E-state index in [1.165, 1.54) is 0 Å². The molecule has 2 aromatic carbocycles. The Kier molecular flexibility index (Phi) is 5.66. The molecular weight excluding hydrogens is 410 g/mol. The molecule has 3 aliphatic rings. The summed E-state index contributed by atoms with van der Waals surface area (Å²) in [5.41, 5.74) is 2.28. The first-order chi connectivity index (χ1) is 15.5. The minimum atomic E-state index is -1.27. The summed E-state index contributed by atoms with van der Waals surface area (Å²) in [6.45, 7) is 1.34. The minimum Gasteiger partial charge on any atom is -0.488 e. The molecule has 168 valence electrons. The first-order valence-corrected chi connectivity index (χ1v) is 11.1. The molecule has 0 radical (unpaired) electrons. The summed E-state index contributed by atoms with van der Waals surface area (Å²) in [6, 6.07) is 15.3. The monoisotopic (exact) mass is 437 g/mol. The maximum absolute atomic E-state index is 10.6. The van der Waals surface area contributed by atoms with Crippen LogP contribution in [0.5, 0.6) is 5.75 Å². The van der Waals surface area contributed by atoms with Gasteiger partial charge in [-0.2, -0.15) is 5.26 Å². The van der Waals surface area contributed by atoms with Gasteiger partial charge in [0.05, 0.1) is 30.4 Å². The van der Waals surface area contributed by atoms with Crippen molar-refractivity contribution in [1.82, 2.24) is 0 Å². The van der Waals surface area contributed by atoms with E-state index in [4.69, 9.17) is 14.2 Å². The first kappa shape index (κ1) is 21.4. The van der Waals surface area contributed by atoms with Gasteiger partial charge in [-0.3, -0.25) is 0 Å². The van der Waals surface area contributed by atoms with E-state index < -0.39 is 30.0 Å². The highest BCUT2D eigenvalue weighted by Crippen LogP contribution is 2.51. The number of rotatable bonds is 5. The van der Waals surface area contributed by atoms with Crippen molar-refractivity contribution in [2.45, 2.75) is 61.8 Å². The molecule has 5 atom stereocenters. The molecule has 32 heavy (non-hydrogen) atoms. The average Bonchev–Trinajstić information content (AvgIpc) is 3.41. The summed E-state index contributed by atoms with van der Waals surface area (Å²) in [6.07, 6.45) is -1.55. The second-order valence-electron chi connectivity index (χ2n) is 8.98. The highest BCUT2D eigenvalue weighted by Gasteiger charge is 2.60. The predicted molar refractivity (Wildman–Crippen MR) is 114 cm³/mol. The van der Waals surface area contributed by atoms with Crippen LogP contribution in [0.25, 0.3) is 0 Å². The molecule has 1 unspecified atom stereocenters. The first-order valence-electron chi connectivity index (χ1n) is 11.1. The topological polar surface area (TPSA) is 112 Å². The van der Waals surface area contributed by atoms with Gasteiger partial charge in [0.2, 0.25) is 0 Å². The molecule has 2 saturated heterocycles. The van der Waals surface area contributed by atoms with Gasteiger partial charge in [-0.1, -0.05) is 24.3 Å². The van der Waals surface area contributed by atoms with Crippen LogP contribution in [0.2, 0.25) is 0 Å². The Labute approximate surface area is 186 Å². The third kappa shape index (κ3) is 4.01. The molecule has 2 aromatic rings. The van der Waals surface area contributed by atoms with Crippen LogP contribution in [0.1, 0.15) is 47.6 Å². The van der Waals surface area contributed by atoms with Gasteiger partial charge in [0.15, 0.2) is 0 Å². The lowest BCUT2D eigenvalue weighted by atomic mass is 9.88. The van der Waals surface area contributed by atoms with E-state index in [9.17, 15) is 20.6 Å². The molecular formula is C25H27NO6. The summed E-state index contributed by atoms with van der Waals surface area (Å²) in [7, 11) is 0. The standard InChI is InChI=1S/C25H27NO6/c26-13-17-4-3-16(23-21(27)22(28)24(29)25(32-23)8-9-25)12-18(17)11-15-1-5-19(6-2-15)31-20-7-10-30-14-20/h1-6,12,20-24,27-29H,7-11,14H2/t20?,21-,22+,23-,24-/m0/s1. The van der Waals surface area contributed by atoms with Crippen molar-refractivity contribution in [3.8, 4) is 11.8 Å². The van der Waals surface area contributed by atoms with E-state index in [-0.39, 0.29) is 6.10 Å². The van der Waals surface area contributed by atoms with Crippen LogP contribution in [0, 0.1) is 11.3 Å². The van der Waals surface area contributed by atoms with Crippen LogP contribution in [0.3, 0.4) is 0 Å². The van der Waals surface area contributed by atoms with Crippen molar-refractivity contribution in [3.05, 3.63) is 64.7 Å². The fourth-order valence-corrected chi connectivity index (χ4v) is 4.62. The lowest BCUT2D eigenvalue weighted by molar-refractivity contribution is -0.236. The number of hydrogen-bond donors (Lipinski definition) is 3. The Balaban J connectivity index is 1.35. The largest absolute Gasteiger partial charge is 0.488 e. The molecule has 1 saturated carbocycles. The summed E-state index contributed by atoms with van der Waals surface area (Å²) >= 11 is 0. The molecule has 2 aliphatic heterocycles. The van der Waals surface area contributed by atoms with E-state index in [1.54, 1.807) is 12.1 Å². The molecule has 0 aromatic heterocycles. The lowest BCUT2D eigenvalue weighted by Gasteiger charge is -2.41. The zero-order valence-electron chi connectivity index (χ0n) is 17.7. The van der Waals surface area contributed by atoms with Gasteiger partial charge < -0.3 is 29.5 Å². The van der Waals surface area contributed by atoms with E-state index >= 15 is 0 Å². The Morgan fingerprint density at radius 1 is 1.06 bits per heavy atom. The van der Waals surface area contributed by atoms with Gasteiger partial charge in [0.25, 0.3) is 0 Å². The molecule has 2 heterocycles. The highest BCUT2D eigenvalue weighted by molar-refractivity contribution is 5.44. The van der Waals surface area contributed by atoms with Crippen LogP contribution in [0.4, 0.5) is 0 Å². The number of benzene rings is 2. The van der Waals surface area contributed by atoms with Crippen molar-refractivity contribution in [1.29, 1.82) is 5.26 Å². The van der Waals surface area contributed by atoms with Crippen LogP contribution < -0.4 is 4.74 Å². The SMILES string of the molecule is N#Cc1ccc([C@@H]2OC3(CC3)[C@@H](O)[C@H](O)[C@@H]2O)cc1Cc1ccc(OC2CCOC2)cc1. The number of aliphatic hydroxyl groups excluding tert-OH is 3. The van der Waals surface area contributed by atoms with Crippen molar-refractivity contribution in [2.75, 3.05) is 13.2 Å². The second-order valence-corrected chi connectivity index (χ2v) is 8.98. The molecule has 1 spiro atoms. The molecule has 0 bridgehead atoms. The number of nitrogens with zero attached hydrogens (tertiary/aromatic N) is 1. The maximum Gasteiger partial charge on any atom is 0.124 e. The summed E-state index contributed by atoms with van der Waals surface area (Å²) < 4.78 is 17.3. The Bertz CT molecular complexity index is 1010. The third-order valence-electron chi connectivity index (χ3n) is 6.71. The third-order valence-corrected chi connectivity index (χ3v) is 6.71. The molecule has 7 nitrogen and oxygen atoms in total. The smallest absolute Gasteiger partial charge is 0.124 e. The van der Waals surface area contributed by atoms with Crippen molar-refractivity contribution in [2.24, 2.45) is 0 Å². The molecule has 1 aliphatic carbocycles. The fraction of sp³-hybridized carbons (Fsp3) is 0.480. The second kappa shape index (κ2) is 8.47. The van der Waals surface area contributed by atoms with E-state index in [0.717, 1.165) is 29.9 Å². The van der Waals surface area contributed by atoms with Crippen molar-refractivity contribution < 1.29 is 29.5 Å². The summed E-state index contributed by atoms with van der Waals surface area (Å²) in [5.74, 6) is 0.791. The number of ether oxygens (including phenoxy) is 3. The Hall–Kier alpha value is -2.47. The van der Waals surface area contributed by atoms with Gasteiger partial charge in [0, 0.05) is 6.42 Å². The van der Waals surface area contributed by atoms with Crippen LogP contribution in [-0.2, 0) is 15.9 Å². The van der Waals surface area contributed by atoms with Crippen molar-refractivity contribution >= 4 is 0 Å². The van der Waals surface area contributed by atoms with Crippen molar-refractivity contribution in [3.63, 3.8) is 0 Å². The summed E-state index contributed by atoms with van der Waals surface area (Å²) in [4.78, 5) is 0. The predicted octanol–water partition coefficient (Wildman–Crippen LogP) is 2.00. The molecule has 0 amide bonds.